The van der Waals surface area contributed by atoms with Crippen LogP contribution in [-0.2, 0) is 16.0 Å². The number of fused-ring (bicyclic) bond motifs is 1. The molecule has 0 saturated heterocycles. The minimum absolute atomic E-state index is 0.253. The number of aromatic nitrogens is 1. The van der Waals surface area contributed by atoms with E-state index in [0.29, 0.717) is 24.5 Å². The highest BCUT2D eigenvalue weighted by molar-refractivity contribution is 5.92. The van der Waals surface area contributed by atoms with Crippen LogP contribution in [0, 0.1) is 0 Å². The second kappa shape index (κ2) is 8.94. The summed E-state index contributed by atoms with van der Waals surface area (Å²) < 4.78 is 15.3. The average Bonchev–Trinajstić information content (AvgIpc) is 3.14. The quantitative estimate of drug-likeness (QED) is 0.585. The number of nitrogens with one attached hydrogen (secondary N) is 2. The molecule has 146 valence electrons. The highest BCUT2D eigenvalue weighted by Crippen LogP contribution is 2.23. The molecule has 7 nitrogen and oxygen atoms in total. The van der Waals surface area contributed by atoms with Crippen LogP contribution in [0.2, 0.25) is 0 Å². The fourth-order valence-electron chi connectivity index (χ4n) is 2.87. The Morgan fingerprint density at radius 1 is 1.04 bits per heavy atom. The highest BCUT2D eigenvalue weighted by atomic mass is 16.5. The van der Waals surface area contributed by atoms with Crippen molar-refractivity contribution in [2.75, 3.05) is 27.4 Å². The molecule has 1 aromatic heterocycles. The number of methoxy groups -OCH3 is 2. The Kier molecular flexibility index (Phi) is 6.16. The van der Waals surface area contributed by atoms with Crippen molar-refractivity contribution in [2.45, 2.75) is 6.42 Å². The maximum atomic E-state index is 12.2. The zero-order valence-electron chi connectivity index (χ0n) is 15.8. The second-order valence-corrected chi connectivity index (χ2v) is 6.14. The first-order chi connectivity index (χ1) is 13.6. The van der Waals surface area contributed by atoms with E-state index in [1.54, 1.807) is 6.07 Å². The van der Waals surface area contributed by atoms with Gasteiger partial charge in [0, 0.05) is 29.7 Å². The molecule has 0 saturated carbocycles. The maximum Gasteiger partial charge on any atom is 0.338 e. The SMILES string of the molecule is COc1cc(OC)cc(C(=O)OCC(=O)NCCc2c[nH]c3ccccc23)c1. The van der Waals surface area contributed by atoms with Gasteiger partial charge in [0.25, 0.3) is 5.91 Å². The number of hydrogen-bond donors (Lipinski definition) is 2. The summed E-state index contributed by atoms with van der Waals surface area (Å²) in [5, 5.41) is 3.89. The summed E-state index contributed by atoms with van der Waals surface area (Å²) in [5.41, 5.74) is 2.44. The fourth-order valence-corrected chi connectivity index (χ4v) is 2.87. The van der Waals surface area contributed by atoms with Crippen LogP contribution in [-0.4, -0.2) is 44.2 Å². The van der Waals surface area contributed by atoms with Crippen LogP contribution in [0.1, 0.15) is 15.9 Å². The third-order valence-electron chi connectivity index (χ3n) is 4.31. The number of amides is 1. The Balaban J connectivity index is 1.48. The highest BCUT2D eigenvalue weighted by Gasteiger charge is 2.13. The number of para-hydroxylation sites is 1. The average molecular weight is 382 g/mol. The van der Waals surface area contributed by atoms with Gasteiger partial charge in [0.15, 0.2) is 6.61 Å². The lowest BCUT2D eigenvalue weighted by Crippen LogP contribution is -2.30. The summed E-state index contributed by atoms with van der Waals surface area (Å²) in [6.07, 6.45) is 2.61. The lowest BCUT2D eigenvalue weighted by molar-refractivity contribution is -0.124. The molecule has 0 aliphatic heterocycles. The van der Waals surface area contributed by atoms with Crippen LogP contribution in [0.5, 0.6) is 11.5 Å². The van der Waals surface area contributed by atoms with Crippen molar-refractivity contribution < 1.29 is 23.8 Å². The zero-order valence-corrected chi connectivity index (χ0v) is 15.8. The van der Waals surface area contributed by atoms with E-state index in [9.17, 15) is 9.59 Å². The molecule has 0 atom stereocenters. The molecule has 0 fully saturated rings. The van der Waals surface area contributed by atoms with E-state index in [4.69, 9.17) is 14.2 Å². The van der Waals surface area contributed by atoms with Crippen molar-refractivity contribution in [1.29, 1.82) is 0 Å². The molecule has 2 N–H and O–H groups in total. The number of carbonyl (C=O) groups is 2. The van der Waals surface area contributed by atoms with Crippen LogP contribution in [0.4, 0.5) is 0 Å². The van der Waals surface area contributed by atoms with Gasteiger partial charge < -0.3 is 24.5 Å². The van der Waals surface area contributed by atoms with Gasteiger partial charge >= 0.3 is 5.97 Å². The van der Waals surface area contributed by atoms with Crippen molar-refractivity contribution in [3.63, 3.8) is 0 Å². The lowest BCUT2D eigenvalue weighted by Gasteiger charge is -2.09. The Morgan fingerprint density at radius 2 is 1.75 bits per heavy atom. The lowest BCUT2D eigenvalue weighted by atomic mass is 10.1. The van der Waals surface area contributed by atoms with Gasteiger partial charge in [0.05, 0.1) is 19.8 Å². The number of H-pyrrole nitrogens is 1. The van der Waals surface area contributed by atoms with E-state index in [1.165, 1.54) is 26.4 Å². The first-order valence-corrected chi connectivity index (χ1v) is 8.82. The molecule has 0 spiro atoms. The number of benzene rings is 2. The molecule has 1 heterocycles. The van der Waals surface area contributed by atoms with Gasteiger partial charge in [0.1, 0.15) is 11.5 Å². The van der Waals surface area contributed by atoms with E-state index >= 15 is 0 Å². The Labute approximate surface area is 162 Å². The summed E-state index contributed by atoms with van der Waals surface area (Å²) in [6.45, 7) is 0.0947. The number of carbonyl (C=O) groups excluding carboxylic acids is 2. The maximum absolute atomic E-state index is 12.2. The van der Waals surface area contributed by atoms with E-state index in [1.807, 2.05) is 30.5 Å². The molecule has 0 aliphatic rings. The summed E-state index contributed by atoms with van der Waals surface area (Å²) in [4.78, 5) is 27.3. The van der Waals surface area contributed by atoms with Crippen LogP contribution >= 0.6 is 0 Å². The molecular formula is C21H22N2O5. The van der Waals surface area contributed by atoms with Crippen LogP contribution in [0.15, 0.2) is 48.7 Å². The number of ether oxygens (including phenoxy) is 3. The van der Waals surface area contributed by atoms with Gasteiger partial charge in [0.2, 0.25) is 0 Å². The topological polar surface area (TPSA) is 89.7 Å². The molecule has 2 aromatic carbocycles. The summed E-state index contributed by atoms with van der Waals surface area (Å²) in [7, 11) is 2.98. The fraction of sp³-hybridized carbons (Fsp3) is 0.238. The summed E-state index contributed by atoms with van der Waals surface area (Å²) in [5.74, 6) is -0.0454. The number of aromatic amines is 1. The smallest absolute Gasteiger partial charge is 0.338 e. The largest absolute Gasteiger partial charge is 0.497 e. The Hall–Kier alpha value is -3.48. The third-order valence-corrected chi connectivity index (χ3v) is 4.31. The van der Waals surface area contributed by atoms with Crippen molar-refractivity contribution in [1.82, 2.24) is 10.3 Å². The number of esters is 1. The molecule has 0 aliphatic carbocycles. The molecule has 0 unspecified atom stereocenters. The Morgan fingerprint density at radius 3 is 2.46 bits per heavy atom. The molecule has 3 rings (SSSR count). The van der Waals surface area contributed by atoms with Gasteiger partial charge in [-0.2, -0.15) is 0 Å². The summed E-state index contributed by atoms with van der Waals surface area (Å²) in [6, 6.07) is 12.7. The molecule has 7 heteroatoms. The normalized spacial score (nSPS) is 10.5. The monoisotopic (exact) mass is 382 g/mol. The number of hydrogen-bond acceptors (Lipinski definition) is 5. The minimum atomic E-state index is -0.621. The van der Waals surface area contributed by atoms with E-state index in [0.717, 1.165) is 16.5 Å². The zero-order chi connectivity index (χ0) is 19.9. The van der Waals surface area contributed by atoms with Crippen molar-refractivity contribution in [2.24, 2.45) is 0 Å². The van der Waals surface area contributed by atoms with Gasteiger partial charge in [-0.3, -0.25) is 4.79 Å². The first kappa shape index (κ1) is 19.3. The van der Waals surface area contributed by atoms with E-state index in [2.05, 4.69) is 10.3 Å². The minimum Gasteiger partial charge on any atom is -0.497 e. The van der Waals surface area contributed by atoms with Crippen LogP contribution < -0.4 is 14.8 Å². The second-order valence-electron chi connectivity index (χ2n) is 6.14. The molecule has 0 radical (unpaired) electrons. The van der Waals surface area contributed by atoms with Crippen molar-refractivity contribution in [3.05, 3.63) is 59.8 Å². The standard InChI is InChI=1S/C21H22N2O5/c1-26-16-9-15(10-17(11-16)27-2)21(25)28-13-20(24)22-8-7-14-12-23-19-6-4-3-5-18(14)19/h3-6,9-12,23H,7-8,13H2,1-2H3,(H,22,24). The summed E-state index contributed by atoms with van der Waals surface area (Å²) >= 11 is 0. The number of rotatable bonds is 8. The molecule has 3 aromatic rings. The Bertz CT molecular complexity index is 958. The van der Waals surface area contributed by atoms with Gasteiger partial charge in [-0.1, -0.05) is 18.2 Å². The first-order valence-electron chi connectivity index (χ1n) is 8.82. The van der Waals surface area contributed by atoms with Crippen LogP contribution in [0.25, 0.3) is 10.9 Å². The van der Waals surface area contributed by atoms with Crippen molar-refractivity contribution in [3.8, 4) is 11.5 Å². The predicted molar refractivity (Wildman–Crippen MR) is 105 cm³/mol. The van der Waals surface area contributed by atoms with E-state index < -0.39 is 5.97 Å². The van der Waals surface area contributed by atoms with Crippen LogP contribution in [0.3, 0.4) is 0 Å². The molecule has 28 heavy (non-hydrogen) atoms. The van der Waals surface area contributed by atoms with Gasteiger partial charge in [-0.15, -0.1) is 0 Å². The van der Waals surface area contributed by atoms with E-state index in [-0.39, 0.29) is 18.1 Å². The third kappa shape index (κ3) is 4.62. The predicted octanol–water partition coefficient (Wildman–Crippen LogP) is 2.70. The molecular weight excluding hydrogens is 360 g/mol. The van der Waals surface area contributed by atoms with Gasteiger partial charge in [-0.25, -0.2) is 4.79 Å². The van der Waals surface area contributed by atoms with Gasteiger partial charge in [-0.05, 0) is 30.2 Å². The molecule has 0 bridgehead atoms. The molecule has 1 amide bonds. The van der Waals surface area contributed by atoms with Crippen molar-refractivity contribution >= 4 is 22.8 Å².